The highest BCUT2D eigenvalue weighted by molar-refractivity contribution is 5.70. The van der Waals surface area contributed by atoms with Crippen LogP contribution < -0.4 is 11.3 Å². The molecule has 20 heavy (non-hydrogen) atoms. The van der Waals surface area contributed by atoms with Gasteiger partial charge in [0.25, 0.3) is 5.56 Å². The average Bonchev–Trinajstić information content (AvgIpc) is 2.89. The van der Waals surface area contributed by atoms with E-state index in [1.807, 2.05) is 0 Å². The molecule has 3 heterocycles. The van der Waals surface area contributed by atoms with Crippen LogP contribution in [0.15, 0.2) is 11.1 Å². The molecule has 108 valence electrons. The summed E-state index contributed by atoms with van der Waals surface area (Å²) in [6.45, 7) is -0.509. The van der Waals surface area contributed by atoms with Crippen molar-refractivity contribution in [2.75, 3.05) is 12.3 Å². The van der Waals surface area contributed by atoms with E-state index in [2.05, 4.69) is 15.0 Å². The third kappa shape index (κ3) is 1.78. The zero-order chi connectivity index (χ0) is 15.3. The summed E-state index contributed by atoms with van der Waals surface area (Å²) in [7, 11) is 0. The van der Waals surface area contributed by atoms with Gasteiger partial charge in [0.2, 0.25) is 5.95 Å². The predicted octanol–water partition coefficient (Wildman–Crippen LogP) is -2.69. The quantitative estimate of drug-likeness (QED) is 0.399. The van der Waals surface area contributed by atoms with Crippen molar-refractivity contribution in [1.82, 2.24) is 19.5 Å². The largest absolute Gasteiger partial charge is 0.394 e. The number of rotatable bonds is 2. The van der Waals surface area contributed by atoms with Crippen LogP contribution in [0.25, 0.3) is 11.2 Å². The Labute approximate surface area is 112 Å². The molecule has 1 aliphatic heterocycles. The van der Waals surface area contributed by atoms with Gasteiger partial charge in [-0.3, -0.25) is 14.3 Å². The lowest BCUT2D eigenvalue weighted by atomic mass is 10.1. The molecule has 0 unspecified atom stereocenters. The SMILES string of the molecule is [3H]c1nc2c(=O)[nH]c(N)nc2n1[C@@H]1O[C@H](CO)[C@@H](O)[C@H]1O. The second-order valence-electron chi connectivity index (χ2n) is 4.43. The molecule has 4 atom stereocenters. The first-order valence-corrected chi connectivity index (χ1v) is 5.80. The van der Waals surface area contributed by atoms with Gasteiger partial charge in [-0.15, -0.1) is 0 Å². The lowest BCUT2D eigenvalue weighted by Gasteiger charge is -2.16. The molecule has 10 nitrogen and oxygen atoms in total. The molecule has 0 aliphatic carbocycles. The molecule has 0 bridgehead atoms. The average molecular weight is 285 g/mol. The molecule has 2 aromatic rings. The van der Waals surface area contributed by atoms with E-state index in [9.17, 15) is 15.0 Å². The van der Waals surface area contributed by atoms with Crippen LogP contribution in [0.4, 0.5) is 5.95 Å². The summed E-state index contributed by atoms with van der Waals surface area (Å²) < 4.78 is 14.1. The van der Waals surface area contributed by atoms with Crippen LogP contribution in [0.2, 0.25) is 0 Å². The Balaban J connectivity index is 2.17. The van der Waals surface area contributed by atoms with Gasteiger partial charge in [-0.05, 0) is 0 Å². The first-order valence-electron chi connectivity index (χ1n) is 6.30. The molecule has 1 fully saturated rings. The van der Waals surface area contributed by atoms with Gasteiger partial charge in [-0.2, -0.15) is 4.98 Å². The molecular weight excluding hydrogens is 270 g/mol. The van der Waals surface area contributed by atoms with Crippen molar-refractivity contribution >= 4 is 17.1 Å². The number of ether oxygens (including phenoxy) is 1. The molecule has 3 rings (SSSR count). The van der Waals surface area contributed by atoms with Crippen LogP contribution in [-0.2, 0) is 4.74 Å². The minimum atomic E-state index is -1.41. The van der Waals surface area contributed by atoms with Crippen LogP contribution in [-0.4, -0.2) is 59.8 Å². The highest BCUT2D eigenvalue weighted by Crippen LogP contribution is 2.30. The summed E-state index contributed by atoms with van der Waals surface area (Å²) >= 11 is 0. The van der Waals surface area contributed by atoms with Gasteiger partial charge in [-0.25, -0.2) is 4.98 Å². The summed E-state index contributed by atoms with van der Waals surface area (Å²) in [4.78, 5) is 21.6. The van der Waals surface area contributed by atoms with Crippen LogP contribution in [0, 0.1) is 0 Å². The van der Waals surface area contributed by atoms with Crippen molar-refractivity contribution in [2.24, 2.45) is 0 Å². The second-order valence-corrected chi connectivity index (χ2v) is 4.43. The maximum atomic E-state index is 11.7. The van der Waals surface area contributed by atoms with Gasteiger partial charge in [0.05, 0.1) is 12.9 Å². The number of hydrogen-bond acceptors (Lipinski definition) is 8. The molecule has 0 amide bonds. The molecule has 0 spiro atoms. The molecule has 6 N–H and O–H groups in total. The van der Waals surface area contributed by atoms with Crippen molar-refractivity contribution < 1.29 is 21.4 Å². The third-order valence-electron chi connectivity index (χ3n) is 3.16. The fourth-order valence-electron chi connectivity index (χ4n) is 2.16. The van der Waals surface area contributed by atoms with Crippen LogP contribution in [0.5, 0.6) is 0 Å². The number of anilines is 1. The number of H-pyrrole nitrogens is 1. The van der Waals surface area contributed by atoms with Crippen LogP contribution >= 0.6 is 0 Å². The Kier molecular flexibility index (Phi) is 2.67. The number of nitrogens with two attached hydrogens (primary N) is 1. The molecule has 0 saturated carbocycles. The van der Waals surface area contributed by atoms with Crippen molar-refractivity contribution in [3.8, 4) is 0 Å². The number of nitrogens with zero attached hydrogens (tertiary/aromatic N) is 3. The van der Waals surface area contributed by atoms with Gasteiger partial charge in [0.1, 0.15) is 19.7 Å². The normalized spacial score (nSPS) is 30.9. The van der Waals surface area contributed by atoms with Crippen molar-refractivity contribution in [1.29, 1.82) is 0 Å². The fraction of sp³-hybridized carbons (Fsp3) is 0.500. The standard InChI is InChI=1S/C10H13N5O5/c11-10-13-7-4(8(19)14-10)12-2-15(7)9-6(18)5(17)3(1-16)20-9/h2-3,5-6,9,16-18H,1H2,(H3,11,13,14,19)/t3-,5-,6-,9-/m1/s1/i2T. The van der Waals surface area contributed by atoms with Crippen molar-refractivity contribution in [2.45, 2.75) is 24.5 Å². The highest BCUT2D eigenvalue weighted by Gasteiger charge is 2.44. The lowest BCUT2D eigenvalue weighted by molar-refractivity contribution is -0.0511. The Morgan fingerprint density at radius 3 is 2.95 bits per heavy atom. The highest BCUT2D eigenvalue weighted by atomic mass is 16.6. The van der Waals surface area contributed by atoms with E-state index in [0.717, 1.165) is 4.57 Å². The lowest BCUT2D eigenvalue weighted by Crippen LogP contribution is -2.33. The molecule has 1 aliphatic rings. The maximum Gasteiger partial charge on any atom is 0.280 e. The van der Waals surface area contributed by atoms with E-state index in [0.29, 0.717) is 0 Å². The smallest absolute Gasteiger partial charge is 0.280 e. The maximum absolute atomic E-state index is 11.7. The topological polar surface area (TPSA) is 160 Å². The number of aromatic amines is 1. The minimum absolute atomic E-state index is 0.0453. The van der Waals surface area contributed by atoms with E-state index in [1.54, 1.807) is 0 Å². The molecule has 10 heteroatoms. The molecule has 0 radical (unpaired) electrons. The van der Waals surface area contributed by atoms with Gasteiger partial charge in [0, 0.05) is 0 Å². The molecule has 2 aromatic heterocycles. The van der Waals surface area contributed by atoms with E-state index < -0.39 is 36.7 Å². The molecule has 1 saturated heterocycles. The van der Waals surface area contributed by atoms with E-state index in [-0.39, 0.29) is 23.4 Å². The number of nitrogens with one attached hydrogen (secondary N) is 1. The summed E-state index contributed by atoms with van der Waals surface area (Å²) in [5.74, 6) is -0.180. The summed E-state index contributed by atoms with van der Waals surface area (Å²) in [6.07, 6.45) is -5.35. The number of aliphatic hydroxyl groups excluding tert-OH is 3. The van der Waals surface area contributed by atoms with E-state index in [4.69, 9.17) is 16.9 Å². The third-order valence-corrected chi connectivity index (χ3v) is 3.16. The fourth-order valence-corrected chi connectivity index (χ4v) is 2.16. The van der Waals surface area contributed by atoms with Gasteiger partial charge in [0.15, 0.2) is 17.4 Å². The summed E-state index contributed by atoms with van der Waals surface area (Å²) in [5.41, 5.74) is 4.65. The summed E-state index contributed by atoms with van der Waals surface area (Å²) in [5, 5.41) is 28.8. The Morgan fingerprint density at radius 1 is 1.55 bits per heavy atom. The monoisotopic (exact) mass is 285 g/mol. The van der Waals surface area contributed by atoms with Crippen LogP contribution in [0.1, 0.15) is 7.60 Å². The molecular formula is C10H13N5O5. The van der Waals surface area contributed by atoms with E-state index >= 15 is 0 Å². The molecule has 0 aromatic carbocycles. The van der Waals surface area contributed by atoms with E-state index in [1.165, 1.54) is 0 Å². The number of aromatic nitrogens is 4. The predicted molar refractivity (Wildman–Crippen MR) is 65.6 cm³/mol. The minimum Gasteiger partial charge on any atom is -0.394 e. The first-order chi connectivity index (χ1) is 9.93. The Hall–Kier alpha value is -2.01. The first kappa shape index (κ1) is 11.8. The van der Waals surface area contributed by atoms with Crippen LogP contribution in [0.3, 0.4) is 0 Å². The summed E-state index contributed by atoms with van der Waals surface area (Å²) in [6, 6.07) is 0. The number of imidazole rings is 1. The number of nitrogen functional groups attached to an aromatic ring is 1. The zero-order valence-electron chi connectivity index (χ0n) is 11.1. The number of hydrogen-bond donors (Lipinski definition) is 5. The van der Waals surface area contributed by atoms with Crippen molar-refractivity contribution in [3.63, 3.8) is 0 Å². The van der Waals surface area contributed by atoms with Crippen molar-refractivity contribution in [3.05, 3.63) is 16.7 Å². The Morgan fingerprint density at radius 2 is 2.30 bits per heavy atom. The zero-order valence-corrected chi connectivity index (χ0v) is 10.1. The number of aliphatic hydroxyl groups is 3. The Bertz CT molecular complexity index is 745. The van der Waals surface area contributed by atoms with Gasteiger partial charge < -0.3 is 25.8 Å². The van der Waals surface area contributed by atoms with Gasteiger partial charge >= 0.3 is 0 Å². The second kappa shape index (κ2) is 4.52. The number of fused-ring (bicyclic) bond motifs is 1. The van der Waals surface area contributed by atoms with Gasteiger partial charge in [-0.1, -0.05) is 0 Å².